The lowest BCUT2D eigenvalue weighted by molar-refractivity contribution is 0.461. The van der Waals surface area contributed by atoms with Crippen LogP contribution >= 0.6 is 0 Å². The summed E-state index contributed by atoms with van der Waals surface area (Å²) in [5.74, 6) is 0. The van der Waals surface area contributed by atoms with Gasteiger partial charge in [0.15, 0.2) is 0 Å². The van der Waals surface area contributed by atoms with E-state index in [1.165, 1.54) is 64.2 Å². The third-order valence-corrected chi connectivity index (χ3v) is 3.41. The van der Waals surface area contributed by atoms with E-state index >= 15 is 0 Å². The summed E-state index contributed by atoms with van der Waals surface area (Å²) in [5.41, 5.74) is 0. The van der Waals surface area contributed by atoms with Crippen LogP contribution in [0.5, 0.6) is 0 Å². The average Bonchev–Trinajstić information content (AvgIpc) is 2.20. The minimum Gasteiger partial charge on any atom is -0.0669 e. The number of rotatable bonds is 10. The molecule has 0 bridgehead atoms. The van der Waals surface area contributed by atoms with Crippen molar-refractivity contribution in [3.63, 3.8) is 0 Å². The van der Waals surface area contributed by atoms with Gasteiger partial charge in [-0.1, -0.05) is 90.3 Å². The Morgan fingerprint density at radius 2 is 1.20 bits per heavy atom. The molecule has 0 aliphatic carbocycles. The van der Waals surface area contributed by atoms with Gasteiger partial charge < -0.3 is 0 Å². The molecular weight excluding hydrogens is 179 g/mol. The molecule has 0 radical (unpaired) electrons. The van der Waals surface area contributed by atoms with E-state index in [4.69, 9.17) is 0 Å². The van der Waals surface area contributed by atoms with Gasteiger partial charge in [-0.25, -0.2) is 0 Å². The van der Waals surface area contributed by atoms with Crippen LogP contribution in [-0.2, 0) is 0 Å². The zero-order valence-corrected chi connectivity index (χ0v) is 11.6. The van der Waals surface area contributed by atoms with E-state index in [1.807, 2.05) is 0 Å². The molecule has 0 nitrogen and oxygen atoms in total. The monoisotopic (exact) mass is 210 g/mol. The molecule has 0 aliphatic rings. The summed E-state index contributed by atoms with van der Waals surface area (Å²) in [7, 11) is 2.44. The van der Waals surface area contributed by atoms with Crippen molar-refractivity contribution in [2.45, 2.75) is 90.3 Å². The summed E-state index contributed by atoms with van der Waals surface area (Å²) < 4.78 is 0. The van der Waals surface area contributed by atoms with E-state index < -0.39 is 0 Å². The largest absolute Gasteiger partial charge is 0.109 e. The predicted molar refractivity (Wildman–Crippen MR) is 74.4 cm³/mol. The molecule has 0 aliphatic heterocycles. The third-order valence-electron chi connectivity index (χ3n) is 3.41. The molecule has 0 fully saturated rings. The molecule has 0 amide bonds. The quantitative estimate of drug-likeness (QED) is 0.361. The second kappa shape index (κ2) is 9.30. The maximum Gasteiger partial charge on any atom is 0.109 e. The fourth-order valence-corrected chi connectivity index (χ4v) is 2.16. The van der Waals surface area contributed by atoms with Gasteiger partial charge in [-0.3, -0.25) is 0 Å². The Hall–Kier alpha value is 0.0649. The zero-order chi connectivity index (χ0) is 11.6. The van der Waals surface area contributed by atoms with Crippen molar-refractivity contribution in [3.05, 3.63) is 0 Å². The summed E-state index contributed by atoms with van der Waals surface area (Å²) in [6.45, 7) is 7.02. The van der Waals surface area contributed by atoms with Gasteiger partial charge >= 0.3 is 0 Å². The number of unbranched alkanes of at least 4 members (excludes halogenated alkanes) is 6. The minimum atomic E-state index is 0.598. The summed E-state index contributed by atoms with van der Waals surface area (Å²) in [6.07, 6.45) is 14.2. The molecule has 0 heterocycles. The molecule has 0 spiro atoms. The van der Waals surface area contributed by atoms with Crippen molar-refractivity contribution in [2.75, 3.05) is 0 Å². The molecule has 0 rings (SSSR count). The van der Waals surface area contributed by atoms with Gasteiger partial charge in [-0.05, 0) is 0 Å². The standard InChI is InChI=1S/C14H31B/c1-4-6-8-9-10-11-13-14(3,15)12-7-5-2/h4-13,15H2,1-3H3. The highest BCUT2D eigenvalue weighted by Gasteiger charge is 2.15. The Bertz CT molecular complexity index is 129. The smallest absolute Gasteiger partial charge is 0.0669 e. The SMILES string of the molecule is BC(C)(CCCC)CCCCCCCC. The van der Waals surface area contributed by atoms with Crippen LogP contribution in [0.1, 0.15) is 85.0 Å². The molecule has 90 valence electrons. The van der Waals surface area contributed by atoms with Crippen molar-refractivity contribution in [2.24, 2.45) is 0 Å². The fraction of sp³-hybridized carbons (Fsp3) is 1.00. The lowest BCUT2D eigenvalue weighted by Gasteiger charge is -2.24. The zero-order valence-electron chi connectivity index (χ0n) is 11.6. The lowest BCUT2D eigenvalue weighted by Crippen LogP contribution is -2.07. The summed E-state index contributed by atoms with van der Waals surface area (Å²) in [5, 5.41) is 0.598. The van der Waals surface area contributed by atoms with Gasteiger partial charge in [0.1, 0.15) is 7.85 Å². The van der Waals surface area contributed by atoms with Gasteiger partial charge in [0.2, 0.25) is 0 Å². The van der Waals surface area contributed by atoms with Crippen LogP contribution in [0.15, 0.2) is 0 Å². The summed E-state index contributed by atoms with van der Waals surface area (Å²) in [4.78, 5) is 0. The molecular formula is C14H31B. The van der Waals surface area contributed by atoms with E-state index in [-0.39, 0.29) is 0 Å². The van der Waals surface area contributed by atoms with Crippen molar-refractivity contribution >= 4 is 7.85 Å². The molecule has 1 heteroatoms. The van der Waals surface area contributed by atoms with E-state index in [0.29, 0.717) is 5.31 Å². The van der Waals surface area contributed by atoms with Gasteiger partial charge in [-0.2, -0.15) is 0 Å². The minimum absolute atomic E-state index is 0.598. The molecule has 0 N–H and O–H groups in total. The maximum absolute atomic E-state index is 2.44. The summed E-state index contributed by atoms with van der Waals surface area (Å²) in [6, 6.07) is 0. The molecule has 1 atom stereocenters. The highest BCUT2D eigenvalue weighted by atomic mass is 14.2. The van der Waals surface area contributed by atoms with E-state index in [0.717, 1.165) is 0 Å². The van der Waals surface area contributed by atoms with Crippen molar-refractivity contribution < 1.29 is 0 Å². The first kappa shape index (κ1) is 15.1. The maximum atomic E-state index is 2.44. The van der Waals surface area contributed by atoms with Crippen LogP contribution in [0, 0.1) is 0 Å². The Morgan fingerprint density at radius 1 is 0.733 bits per heavy atom. The first-order chi connectivity index (χ1) is 7.12. The fourth-order valence-electron chi connectivity index (χ4n) is 2.16. The second-order valence-electron chi connectivity index (χ2n) is 5.79. The summed E-state index contributed by atoms with van der Waals surface area (Å²) >= 11 is 0. The molecule has 1 unspecified atom stereocenters. The molecule has 0 saturated carbocycles. The van der Waals surface area contributed by atoms with Crippen LogP contribution in [0.2, 0.25) is 5.31 Å². The topological polar surface area (TPSA) is 0 Å². The molecule has 15 heavy (non-hydrogen) atoms. The Morgan fingerprint density at radius 3 is 1.80 bits per heavy atom. The Labute approximate surface area is 98.6 Å². The number of hydrogen-bond acceptors (Lipinski definition) is 0. The first-order valence-corrected chi connectivity index (χ1v) is 7.12. The molecule has 0 aromatic heterocycles. The average molecular weight is 210 g/mol. The lowest BCUT2D eigenvalue weighted by atomic mass is 9.64. The molecule has 0 aromatic rings. The van der Waals surface area contributed by atoms with Gasteiger partial charge in [-0.15, -0.1) is 0 Å². The van der Waals surface area contributed by atoms with Crippen molar-refractivity contribution in [1.29, 1.82) is 0 Å². The highest BCUT2D eigenvalue weighted by molar-refractivity contribution is 6.14. The van der Waals surface area contributed by atoms with Gasteiger partial charge in [0, 0.05) is 0 Å². The van der Waals surface area contributed by atoms with E-state index in [2.05, 4.69) is 28.6 Å². The van der Waals surface area contributed by atoms with Crippen LogP contribution in [0.3, 0.4) is 0 Å². The normalized spacial score (nSPS) is 15.1. The van der Waals surface area contributed by atoms with E-state index in [9.17, 15) is 0 Å². The van der Waals surface area contributed by atoms with Crippen LogP contribution in [0.4, 0.5) is 0 Å². The molecule has 0 saturated heterocycles. The second-order valence-corrected chi connectivity index (χ2v) is 5.79. The predicted octanol–water partition coefficient (Wildman–Crippen LogP) is 4.74. The van der Waals surface area contributed by atoms with Gasteiger partial charge in [0.05, 0.1) is 0 Å². The van der Waals surface area contributed by atoms with E-state index in [1.54, 1.807) is 0 Å². The van der Waals surface area contributed by atoms with Gasteiger partial charge in [0.25, 0.3) is 0 Å². The van der Waals surface area contributed by atoms with Crippen LogP contribution in [-0.4, -0.2) is 7.85 Å². The molecule has 0 aromatic carbocycles. The first-order valence-electron chi connectivity index (χ1n) is 7.12. The van der Waals surface area contributed by atoms with Crippen LogP contribution < -0.4 is 0 Å². The van der Waals surface area contributed by atoms with Crippen molar-refractivity contribution in [3.8, 4) is 0 Å². The Balaban J connectivity index is 3.32. The number of hydrogen-bond donors (Lipinski definition) is 0. The third kappa shape index (κ3) is 10.3. The van der Waals surface area contributed by atoms with Crippen LogP contribution in [0.25, 0.3) is 0 Å². The Kier molecular flexibility index (Phi) is 9.34. The highest BCUT2D eigenvalue weighted by Crippen LogP contribution is 2.34. The van der Waals surface area contributed by atoms with Crippen molar-refractivity contribution in [1.82, 2.24) is 0 Å².